The van der Waals surface area contributed by atoms with E-state index in [1.165, 1.54) is 16.8 Å². The maximum Gasteiger partial charge on any atom is 0.271 e. The van der Waals surface area contributed by atoms with Crippen molar-refractivity contribution in [3.05, 3.63) is 88.3 Å². The number of amides is 1. The quantitative estimate of drug-likeness (QED) is 0.569. The van der Waals surface area contributed by atoms with Crippen LogP contribution >= 0.6 is 0 Å². The average molecular weight is 448 g/mol. The molecule has 2 heterocycles. The molecule has 0 saturated carbocycles. The molecule has 1 N–H and O–H groups in total. The second-order valence-electron chi connectivity index (χ2n) is 8.04. The van der Waals surface area contributed by atoms with Crippen LogP contribution < -0.4 is 20.5 Å². The molecular formula is C25H29N5O3. The van der Waals surface area contributed by atoms with Crippen molar-refractivity contribution < 1.29 is 9.53 Å². The molecule has 0 bridgehead atoms. The van der Waals surface area contributed by atoms with E-state index < -0.39 is 0 Å². The van der Waals surface area contributed by atoms with E-state index in [4.69, 9.17) is 4.74 Å². The fraction of sp³-hybridized carbons (Fsp3) is 0.320. The zero-order valence-electron chi connectivity index (χ0n) is 18.8. The standard InChI is InChI=1S/C25H29N5O3/c1-28-13-15-29(16-14-28)23-10-6-5-7-20(23)19-26-25(32)22-11-12-24(31)30(27-22)17-18-33-21-8-3-2-4-9-21/h2-12H,13-19H2,1H3,(H,26,32). The maximum absolute atomic E-state index is 12.8. The van der Waals surface area contributed by atoms with E-state index in [0.717, 1.165) is 43.2 Å². The van der Waals surface area contributed by atoms with Gasteiger partial charge in [-0.1, -0.05) is 36.4 Å². The van der Waals surface area contributed by atoms with Gasteiger partial charge in [-0.15, -0.1) is 0 Å². The number of carbonyl (C=O) groups is 1. The summed E-state index contributed by atoms with van der Waals surface area (Å²) in [6.45, 7) is 4.86. The maximum atomic E-state index is 12.8. The van der Waals surface area contributed by atoms with Gasteiger partial charge < -0.3 is 19.9 Å². The van der Waals surface area contributed by atoms with Gasteiger partial charge in [-0.25, -0.2) is 4.68 Å². The minimum Gasteiger partial charge on any atom is -0.492 e. The minimum absolute atomic E-state index is 0.200. The van der Waals surface area contributed by atoms with E-state index in [2.05, 4.69) is 33.3 Å². The van der Waals surface area contributed by atoms with E-state index in [1.807, 2.05) is 48.5 Å². The third-order valence-corrected chi connectivity index (χ3v) is 5.69. The molecule has 2 aromatic carbocycles. The lowest BCUT2D eigenvalue weighted by Crippen LogP contribution is -2.45. The SMILES string of the molecule is CN1CCN(c2ccccc2CNC(=O)c2ccc(=O)n(CCOc3ccccc3)n2)CC1. The normalized spacial score (nSPS) is 14.2. The molecule has 4 rings (SSSR count). The third-order valence-electron chi connectivity index (χ3n) is 5.69. The van der Waals surface area contributed by atoms with Gasteiger partial charge in [0, 0.05) is 44.5 Å². The summed E-state index contributed by atoms with van der Waals surface area (Å²) in [5, 5.41) is 7.18. The third kappa shape index (κ3) is 5.98. The summed E-state index contributed by atoms with van der Waals surface area (Å²) in [6, 6.07) is 20.3. The summed E-state index contributed by atoms with van der Waals surface area (Å²) in [7, 11) is 2.13. The molecule has 0 radical (unpaired) electrons. The van der Waals surface area contributed by atoms with Crippen LogP contribution in [0.5, 0.6) is 5.75 Å². The largest absolute Gasteiger partial charge is 0.492 e. The molecule has 1 amide bonds. The summed E-state index contributed by atoms with van der Waals surface area (Å²) in [4.78, 5) is 29.6. The van der Waals surface area contributed by atoms with Crippen LogP contribution in [-0.2, 0) is 13.1 Å². The Bertz CT molecular complexity index is 1120. The first-order chi connectivity index (χ1) is 16.1. The van der Waals surface area contributed by atoms with Gasteiger partial charge in [0.05, 0.1) is 6.54 Å². The Morgan fingerprint density at radius 3 is 2.48 bits per heavy atom. The highest BCUT2D eigenvalue weighted by molar-refractivity contribution is 5.92. The van der Waals surface area contributed by atoms with Crippen molar-refractivity contribution in [3.63, 3.8) is 0 Å². The number of ether oxygens (including phenoxy) is 1. The number of nitrogens with zero attached hydrogens (tertiary/aromatic N) is 4. The number of carbonyl (C=O) groups excluding carboxylic acids is 1. The number of benzene rings is 2. The topological polar surface area (TPSA) is 79.7 Å². The molecule has 8 heteroatoms. The van der Waals surface area contributed by atoms with Gasteiger partial charge in [-0.2, -0.15) is 5.10 Å². The molecule has 1 fully saturated rings. The summed E-state index contributed by atoms with van der Waals surface area (Å²) in [6.07, 6.45) is 0. The van der Waals surface area contributed by atoms with E-state index in [9.17, 15) is 9.59 Å². The Balaban J connectivity index is 1.37. The van der Waals surface area contributed by atoms with Crippen LogP contribution in [0.1, 0.15) is 16.1 Å². The number of para-hydroxylation sites is 2. The number of hydrogen-bond donors (Lipinski definition) is 1. The van der Waals surface area contributed by atoms with Gasteiger partial charge in [0.15, 0.2) is 0 Å². The van der Waals surface area contributed by atoms with E-state index >= 15 is 0 Å². The molecular weight excluding hydrogens is 418 g/mol. The van der Waals surface area contributed by atoms with Gasteiger partial charge in [-0.3, -0.25) is 9.59 Å². The Labute approximate surface area is 193 Å². The van der Waals surface area contributed by atoms with Crippen LogP contribution in [-0.4, -0.2) is 60.4 Å². The summed E-state index contributed by atoms with van der Waals surface area (Å²) in [5.41, 5.74) is 2.12. The van der Waals surface area contributed by atoms with Crippen molar-refractivity contribution in [1.29, 1.82) is 0 Å². The van der Waals surface area contributed by atoms with Crippen molar-refractivity contribution in [1.82, 2.24) is 20.0 Å². The van der Waals surface area contributed by atoms with Gasteiger partial charge in [-0.05, 0) is 36.9 Å². The Kier molecular flexibility index (Phi) is 7.36. The summed E-state index contributed by atoms with van der Waals surface area (Å²) < 4.78 is 6.90. The lowest BCUT2D eigenvalue weighted by Gasteiger charge is -2.35. The first-order valence-electron chi connectivity index (χ1n) is 11.2. The average Bonchev–Trinajstić information content (AvgIpc) is 2.85. The number of hydrogen-bond acceptors (Lipinski definition) is 6. The fourth-order valence-corrected chi connectivity index (χ4v) is 3.78. The number of rotatable bonds is 8. The van der Waals surface area contributed by atoms with Gasteiger partial charge in [0.2, 0.25) is 0 Å². The highest BCUT2D eigenvalue weighted by Gasteiger charge is 2.17. The van der Waals surface area contributed by atoms with E-state index in [-0.39, 0.29) is 30.3 Å². The molecule has 8 nitrogen and oxygen atoms in total. The summed E-state index contributed by atoms with van der Waals surface area (Å²) in [5.74, 6) is 0.402. The minimum atomic E-state index is -0.319. The molecule has 0 spiro atoms. The van der Waals surface area contributed by atoms with Crippen molar-refractivity contribution in [2.45, 2.75) is 13.1 Å². The van der Waals surface area contributed by atoms with Crippen molar-refractivity contribution in [2.24, 2.45) is 0 Å². The van der Waals surface area contributed by atoms with Crippen molar-refractivity contribution in [3.8, 4) is 5.75 Å². The van der Waals surface area contributed by atoms with Crippen LogP contribution in [0.3, 0.4) is 0 Å². The number of anilines is 1. The van der Waals surface area contributed by atoms with Crippen molar-refractivity contribution in [2.75, 3.05) is 44.7 Å². The highest BCUT2D eigenvalue weighted by atomic mass is 16.5. The molecule has 1 saturated heterocycles. The molecule has 0 aliphatic carbocycles. The van der Waals surface area contributed by atoms with Gasteiger partial charge in [0.1, 0.15) is 18.1 Å². The van der Waals surface area contributed by atoms with Crippen LogP contribution in [0.25, 0.3) is 0 Å². The van der Waals surface area contributed by atoms with Crippen LogP contribution in [0.15, 0.2) is 71.5 Å². The Hall–Kier alpha value is -3.65. The number of nitrogens with one attached hydrogen (secondary N) is 1. The molecule has 0 atom stereocenters. The molecule has 3 aromatic rings. The first-order valence-corrected chi connectivity index (χ1v) is 11.2. The zero-order chi connectivity index (χ0) is 23.0. The molecule has 172 valence electrons. The molecule has 1 aliphatic rings. The highest BCUT2D eigenvalue weighted by Crippen LogP contribution is 2.21. The van der Waals surface area contributed by atoms with Gasteiger partial charge >= 0.3 is 0 Å². The monoisotopic (exact) mass is 447 g/mol. The van der Waals surface area contributed by atoms with Gasteiger partial charge in [0.25, 0.3) is 11.5 Å². The lowest BCUT2D eigenvalue weighted by molar-refractivity contribution is 0.0943. The molecule has 0 unspecified atom stereocenters. The smallest absolute Gasteiger partial charge is 0.271 e. The number of aromatic nitrogens is 2. The predicted octanol–water partition coefficient (Wildman–Crippen LogP) is 2.00. The first kappa shape index (κ1) is 22.5. The number of piperazine rings is 1. The fourth-order valence-electron chi connectivity index (χ4n) is 3.78. The zero-order valence-corrected chi connectivity index (χ0v) is 18.8. The molecule has 1 aliphatic heterocycles. The number of likely N-dealkylation sites (N-methyl/N-ethyl adjacent to an activating group) is 1. The van der Waals surface area contributed by atoms with Crippen LogP contribution in [0.4, 0.5) is 5.69 Å². The summed E-state index contributed by atoms with van der Waals surface area (Å²) >= 11 is 0. The van der Waals surface area contributed by atoms with Crippen LogP contribution in [0, 0.1) is 0 Å². The molecule has 33 heavy (non-hydrogen) atoms. The Morgan fingerprint density at radius 2 is 1.70 bits per heavy atom. The van der Waals surface area contributed by atoms with Crippen LogP contribution in [0.2, 0.25) is 0 Å². The second kappa shape index (κ2) is 10.8. The second-order valence-corrected chi connectivity index (χ2v) is 8.04. The van der Waals surface area contributed by atoms with E-state index in [1.54, 1.807) is 0 Å². The Morgan fingerprint density at radius 1 is 0.970 bits per heavy atom. The molecule has 1 aromatic heterocycles. The van der Waals surface area contributed by atoms with E-state index in [0.29, 0.717) is 6.54 Å². The predicted molar refractivity (Wildman–Crippen MR) is 128 cm³/mol. The lowest BCUT2D eigenvalue weighted by atomic mass is 10.1. The van der Waals surface area contributed by atoms with Crippen molar-refractivity contribution >= 4 is 11.6 Å².